The number of hydrogen-bond donors (Lipinski definition) is 3. The second-order valence-corrected chi connectivity index (χ2v) is 5.33. The van der Waals surface area contributed by atoms with E-state index in [0.717, 1.165) is 0 Å². The summed E-state index contributed by atoms with van der Waals surface area (Å²) in [5, 5.41) is 0. The number of Topliss-reactive ketones (excluding diaryl/α,β-unsaturated/α-hetero) is 1. The van der Waals surface area contributed by atoms with Crippen molar-refractivity contribution in [2.24, 2.45) is 27.2 Å². The first-order chi connectivity index (χ1) is 12.4. The standard InChI is InChI=1S/C18H19N5O3/c1-11(15(24)12-5-3-2-4-6-12)26-16(25)13-7-9-14(10-8-13)22-18(21)23-17(19)20/h2-11H,1H3,(H6,19,20,21,22,23). The number of aliphatic imine (C=N–C) groups is 2. The molecule has 0 fully saturated rings. The van der Waals surface area contributed by atoms with Crippen molar-refractivity contribution in [3.05, 3.63) is 65.7 Å². The summed E-state index contributed by atoms with van der Waals surface area (Å²) in [6, 6.07) is 14.7. The number of ketones is 1. The van der Waals surface area contributed by atoms with Gasteiger partial charge in [-0.25, -0.2) is 9.79 Å². The Labute approximate surface area is 150 Å². The fourth-order valence-corrected chi connectivity index (χ4v) is 2.08. The van der Waals surface area contributed by atoms with Gasteiger partial charge in [-0.1, -0.05) is 30.3 Å². The number of benzene rings is 2. The molecule has 0 aliphatic rings. The third-order valence-electron chi connectivity index (χ3n) is 3.30. The van der Waals surface area contributed by atoms with Gasteiger partial charge in [-0.05, 0) is 31.2 Å². The highest BCUT2D eigenvalue weighted by molar-refractivity contribution is 6.01. The van der Waals surface area contributed by atoms with Gasteiger partial charge in [0, 0.05) is 5.56 Å². The molecule has 8 heteroatoms. The van der Waals surface area contributed by atoms with E-state index in [0.29, 0.717) is 11.3 Å². The molecule has 0 aliphatic carbocycles. The van der Waals surface area contributed by atoms with E-state index in [-0.39, 0.29) is 23.3 Å². The minimum absolute atomic E-state index is 0.109. The number of ether oxygens (including phenoxy) is 1. The van der Waals surface area contributed by atoms with Crippen LogP contribution >= 0.6 is 0 Å². The minimum Gasteiger partial charge on any atom is -0.451 e. The number of carbonyl (C=O) groups is 2. The summed E-state index contributed by atoms with van der Waals surface area (Å²) in [6.07, 6.45) is -0.903. The van der Waals surface area contributed by atoms with E-state index in [1.165, 1.54) is 19.1 Å². The summed E-state index contributed by atoms with van der Waals surface area (Å²) in [6.45, 7) is 1.53. The second-order valence-electron chi connectivity index (χ2n) is 5.33. The van der Waals surface area contributed by atoms with Gasteiger partial charge in [0.15, 0.2) is 12.1 Å². The average molecular weight is 353 g/mol. The van der Waals surface area contributed by atoms with Crippen LogP contribution in [0.4, 0.5) is 5.69 Å². The number of esters is 1. The van der Waals surface area contributed by atoms with E-state index in [9.17, 15) is 9.59 Å². The Kier molecular flexibility index (Phi) is 6.05. The van der Waals surface area contributed by atoms with Crippen LogP contribution in [-0.4, -0.2) is 29.8 Å². The highest BCUT2D eigenvalue weighted by Gasteiger charge is 2.20. The lowest BCUT2D eigenvalue weighted by molar-refractivity contribution is 0.0319. The van der Waals surface area contributed by atoms with Crippen LogP contribution in [0.15, 0.2) is 64.6 Å². The maximum atomic E-state index is 12.2. The average Bonchev–Trinajstić information content (AvgIpc) is 2.61. The molecule has 134 valence electrons. The fourth-order valence-electron chi connectivity index (χ4n) is 2.08. The molecular weight excluding hydrogens is 334 g/mol. The molecule has 0 saturated heterocycles. The molecule has 0 aromatic heterocycles. The van der Waals surface area contributed by atoms with Crippen LogP contribution in [0.5, 0.6) is 0 Å². The Morgan fingerprint density at radius 3 is 2.12 bits per heavy atom. The van der Waals surface area contributed by atoms with Gasteiger partial charge >= 0.3 is 5.97 Å². The van der Waals surface area contributed by atoms with Gasteiger partial charge in [0.1, 0.15) is 0 Å². The molecule has 2 rings (SSSR count). The zero-order valence-corrected chi connectivity index (χ0v) is 14.1. The first-order valence-electron chi connectivity index (χ1n) is 7.71. The molecule has 2 aromatic rings. The second kappa shape index (κ2) is 8.43. The lowest BCUT2D eigenvalue weighted by atomic mass is 10.1. The molecule has 0 radical (unpaired) electrons. The molecular formula is C18H19N5O3. The van der Waals surface area contributed by atoms with Crippen LogP contribution in [0.1, 0.15) is 27.6 Å². The predicted molar refractivity (Wildman–Crippen MR) is 99.2 cm³/mol. The molecule has 1 atom stereocenters. The van der Waals surface area contributed by atoms with Crippen LogP contribution in [0.3, 0.4) is 0 Å². The fraction of sp³-hybridized carbons (Fsp3) is 0.111. The Hall–Kier alpha value is -3.68. The van der Waals surface area contributed by atoms with E-state index >= 15 is 0 Å². The molecule has 1 unspecified atom stereocenters. The molecule has 0 heterocycles. The third-order valence-corrected chi connectivity index (χ3v) is 3.30. The summed E-state index contributed by atoms with van der Waals surface area (Å²) in [4.78, 5) is 32.0. The van der Waals surface area contributed by atoms with Crippen molar-refractivity contribution in [1.29, 1.82) is 0 Å². The van der Waals surface area contributed by atoms with Crippen molar-refractivity contribution in [2.75, 3.05) is 0 Å². The van der Waals surface area contributed by atoms with Gasteiger partial charge in [-0.3, -0.25) is 4.79 Å². The van der Waals surface area contributed by atoms with Crippen molar-refractivity contribution in [1.82, 2.24) is 0 Å². The molecule has 0 amide bonds. The van der Waals surface area contributed by atoms with Gasteiger partial charge in [0.2, 0.25) is 11.7 Å². The van der Waals surface area contributed by atoms with Crippen molar-refractivity contribution < 1.29 is 14.3 Å². The zero-order valence-electron chi connectivity index (χ0n) is 14.1. The first-order valence-corrected chi connectivity index (χ1v) is 7.71. The van der Waals surface area contributed by atoms with Gasteiger partial charge in [-0.2, -0.15) is 4.99 Å². The molecule has 6 N–H and O–H groups in total. The number of carbonyl (C=O) groups excluding carboxylic acids is 2. The summed E-state index contributed by atoms with van der Waals surface area (Å²) in [5.41, 5.74) is 17.1. The Morgan fingerprint density at radius 1 is 0.923 bits per heavy atom. The van der Waals surface area contributed by atoms with Crippen LogP contribution in [0.2, 0.25) is 0 Å². The summed E-state index contributed by atoms with van der Waals surface area (Å²) in [5.74, 6) is -1.20. The van der Waals surface area contributed by atoms with Gasteiger partial charge in [-0.15, -0.1) is 0 Å². The van der Waals surface area contributed by atoms with Gasteiger partial charge in [0.25, 0.3) is 0 Å². The molecule has 0 spiro atoms. The van der Waals surface area contributed by atoms with Crippen LogP contribution < -0.4 is 17.2 Å². The number of rotatable bonds is 5. The van der Waals surface area contributed by atoms with E-state index in [2.05, 4.69) is 9.98 Å². The topological polar surface area (TPSA) is 146 Å². The molecule has 2 aromatic carbocycles. The lowest BCUT2D eigenvalue weighted by Gasteiger charge is -2.12. The lowest BCUT2D eigenvalue weighted by Crippen LogP contribution is -2.26. The van der Waals surface area contributed by atoms with Gasteiger partial charge in [0.05, 0.1) is 11.3 Å². The minimum atomic E-state index is -0.903. The molecule has 0 bridgehead atoms. The SMILES string of the molecule is CC(OC(=O)c1ccc(N=C(N)N=C(N)N)cc1)C(=O)c1ccccc1. The smallest absolute Gasteiger partial charge is 0.338 e. The quantitative estimate of drug-likeness (QED) is 0.320. The highest BCUT2D eigenvalue weighted by atomic mass is 16.5. The van der Waals surface area contributed by atoms with Crippen molar-refractivity contribution in [2.45, 2.75) is 13.0 Å². The number of nitrogens with two attached hydrogens (primary N) is 3. The van der Waals surface area contributed by atoms with Crippen LogP contribution in [-0.2, 0) is 4.74 Å². The maximum absolute atomic E-state index is 12.2. The van der Waals surface area contributed by atoms with E-state index in [1.807, 2.05) is 0 Å². The zero-order chi connectivity index (χ0) is 19.1. The molecule has 26 heavy (non-hydrogen) atoms. The molecule has 0 aliphatic heterocycles. The number of guanidine groups is 2. The van der Waals surface area contributed by atoms with E-state index in [1.54, 1.807) is 42.5 Å². The molecule has 0 saturated carbocycles. The monoisotopic (exact) mass is 353 g/mol. The number of hydrogen-bond acceptors (Lipinski definition) is 4. The summed E-state index contributed by atoms with van der Waals surface area (Å²) >= 11 is 0. The van der Waals surface area contributed by atoms with E-state index in [4.69, 9.17) is 21.9 Å². The normalized spacial score (nSPS) is 12.1. The number of nitrogens with zero attached hydrogens (tertiary/aromatic N) is 2. The Balaban J connectivity index is 2.04. The highest BCUT2D eigenvalue weighted by Crippen LogP contribution is 2.15. The Bertz CT molecular complexity index is 841. The van der Waals surface area contributed by atoms with Crippen molar-refractivity contribution in [3.8, 4) is 0 Å². The maximum Gasteiger partial charge on any atom is 0.338 e. The largest absolute Gasteiger partial charge is 0.451 e. The first kappa shape index (κ1) is 18.7. The third kappa shape index (κ3) is 5.17. The molecule has 8 nitrogen and oxygen atoms in total. The van der Waals surface area contributed by atoms with Gasteiger partial charge < -0.3 is 21.9 Å². The van der Waals surface area contributed by atoms with Crippen LogP contribution in [0.25, 0.3) is 0 Å². The van der Waals surface area contributed by atoms with Crippen molar-refractivity contribution in [3.63, 3.8) is 0 Å². The van der Waals surface area contributed by atoms with Crippen molar-refractivity contribution >= 4 is 29.4 Å². The predicted octanol–water partition coefficient (Wildman–Crippen LogP) is 1.33. The summed E-state index contributed by atoms with van der Waals surface area (Å²) in [7, 11) is 0. The summed E-state index contributed by atoms with van der Waals surface area (Å²) < 4.78 is 5.22. The van der Waals surface area contributed by atoms with Crippen LogP contribution in [0, 0.1) is 0 Å². The van der Waals surface area contributed by atoms with E-state index < -0.39 is 12.1 Å². The Morgan fingerprint density at radius 2 is 1.54 bits per heavy atom.